The Kier molecular flexibility index (Phi) is 7.85. The second-order valence-corrected chi connectivity index (χ2v) is 8.09. The average molecular weight is 497 g/mol. The SMILES string of the molecule is O=C(O)C=CC(=O)O.O=c1cc(-c2ccncc2)nc2n(CCCc3ccccc3)c3ccccc3n12. The second kappa shape index (κ2) is 11.6. The molecule has 5 aromatic rings. The molecule has 0 aliphatic heterocycles. The summed E-state index contributed by atoms with van der Waals surface area (Å²) in [6.45, 7) is 0.790. The third-order valence-electron chi connectivity index (χ3n) is 5.59. The Balaban J connectivity index is 0.000000349. The Hall–Kier alpha value is -5.05. The number of hydrogen-bond donors (Lipinski definition) is 2. The van der Waals surface area contributed by atoms with Gasteiger partial charge in [0.25, 0.3) is 5.56 Å². The quantitative estimate of drug-likeness (QED) is 0.325. The first-order valence-corrected chi connectivity index (χ1v) is 11.5. The van der Waals surface area contributed by atoms with E-state index < -0.39 is 11.9 Å². The third kappa shape index (κ3) is 6.15. The van der Waals surface area contributed by atoms with E-state index in [4.69, 9.17) is 15.2 Å². The molecule has 5 rings (SSSR count). The Labute approximate surface area is 211 Å². The van der Waals surface area contributed by atoms with Crippen LogP contribution in [0.1, 0.15) is 12.0 Å². The van der Waals surface area contributed by atoms with Gasteiger partial charge in [-0.3, -0.25) is 9.78 Å². The van der Waals surface area contributed by atoms with Crippen molar-refractivity contribution >= 4 is 28.7 Å². The van der Waals surface area contributed by atoms with Gasteiger partial charge in [-0.2, -0.15) is 0 Å². The molecule has 9 heteroatoms. The molecule has 0 amide bonds. The van der Waals surface area contributed by atoms with Gasteiger partial charge in [0.15, 0.2) is 0 Å². The molecular weight excluding hydrogens is 472 g/mol. The molecule has 3 heterocycles. The fourth-order valence-corrected chi connectivity index (χ4v) is 3.99. The van der Waals surface area contributed by atoms with E-state index in [1.165, 1.54) is 5.56 Å². The number of fused-ring (bicyclic) bond motifs is 3. The first kappa shape index (κ1) is 25.1. The van der Waals surface area contributed by atoms with E-state index in [0.29, 0.717) is 23.6 Å². The van der Waals surface area contributed by atoms with E-state index >= 15 is 0 Å². The van der Waals surface area contributed by atoms with Gasteiger partial charge >= 0.3 is 11.9 Å². The van der Waals surface area contributed by atoms with Gasteiger partial charge in [-0.05, 0) is 42.7 Å². The van der Waals surface area contributed by atoms with Gasteiger partial charge in [-0.1, -0.05) is 42.5 Å². The van der Waals surface area contributed by atoms with Crippen LogP contribution in [-0.2, 0) is 22.6 Å². The Morgan fingerprint density at radius 2 is 1.46 bits per heavy atom. The van der Waals surface area contributed by atoms with Crippen molar-refractivity contribution in [2.24, 2.45) is 0 Å². The molecule has 2 aromatic carbocycles. The van der Waals surface area contributed by atoms with Crippen LogP contribution < -0.4 is 5.56 Å². The van der Waals surface area contributed by atoms with Crippen LogP contribution in [0.2, 0.25) is 0 Å². The molecule has 0 saturated heterocycles. The summed E-state index contributed by atoms with van der Waals surface area (Å²) in [5, 5.41) is 15.6. The largest absolute Gasteiger partial charge is 0.478 e. The van der Waals surface area contributed by atoms with Crippen LogP contribution in [0.5, 0.6) is 0 Å². The predicted molar refractivity (Wildman–Crippen MR) is 139 cm³/mol. The monoisotopic (exact) mass is 496 g/mol. The lowest BCUT2D eigenvalue weighted by Crippen LogP contribution is -2.14. The molecule has 9 nitrogen and oxygen atoms in total. The minimum Gasteiger partial charge on any atom is -0.478 e. The van der Waals surface area contributed by atoms with Crippen molar-refractivity contribution in [2.45, 2.75) is 19.4 Å². The van der Waals surface area contributed by atoms with Gasteiger partial charge in [0, 0.05) is 42.7 Å². The van der Waals surface area contributed by atoms with Crippen molar-refractivity contribution in [1.82, 2.24) is 18.9 Å². The highest BCUT2D eigenvalue weighted by Gasteiger charge is 2.15. The van der Waals surface area contributed by atoms with E-state index in [9.17, 15) is 14.4 Å². The Morgan fingerprint density at radius 1 is 0.838 bits per heavy atom. The molecular formula is C28H24N4O5. The van der Waals surface area contributed by atoms with Crippen LogP contribution in [0.15, 0.2) is 102 Å². The van der Waals surface area contributed by atoms with Crippen LogP contribution in [0.25, 0.3) is 28.1 Å². The number of carboxylic acid groups (broad SMARTS) is 2. The van der Waals surface area contributed by atoms with E-state index in [2.05, 4.69) is 39.9 Å². The van der Waals surface area contributed by atoms with Gasteiger partial charge < -0.3 is 14.8 Å². The number of aliphatic carboxylic acids is 2. The molecule has 0 saturated carbocycles. The zero-order valence-electron chi connectivity index (χ0n) is 19.8. The average Bonchev–Trinajstić information content (AvgIpc) is 3.23. The van der Waals surface area contributed by atoms with E-state index in [1.807, 2.05) is 36.4 Å². The lowest BCUT2D eigenvalue weighted by molar-refractivity contribution is -0.134. The van der Waals surface area contributed by atoms with Crippen molar-refractivity contribution in [3.8, 4) is 11.3 Å². The number of carbonyl (C=O) groups is 2. The van der Waals surface area contributed by atoms with Gasteiger partial charge in [0.2, 0.25) is 5.78 Å². The number of aromatic nitrogens is 4. The fourth-order valence-electron chi connectivity index (χ4n) is 3.99. The smallest absolute Gasteiger partial charge is 0.328 e. The van der Waals surface area contributed by atoms with Crippen molar-refractivity contribution in [2.75, 3.05) is 0 Å². The molecule has 0 radical (unpaired) electrons. The first-order valence-electron chi connectivity index (χ1n) is 11.5. The molecule has 0 fully saturated rings. The van der Waals surface area contributed by atoms with Crippen molar-refractivity contribution < 1.29 is 19.8 Å². The molecule has 2 N–H and O–H groups in total. The number of aryl methyl sites for hydroxylation is 2. The number of imidazole rings is 1. The zero-order chi connectivity index (χ0) is 26.2. The maximum Gasteiger partial charge on any atom is 0.328 e. The van der Waals surface area contributed by atoms with E-state index in [0.717, 1.165) is 36.0 Å². The van der Waals surface area contributed by atoms with Crippen LogP contribution in [0, 0.1) is 0 Å². The van der Waals surface area contributed by atoms with Gasteiger partial charge in [0.05, 0.1) is 16.7 Å². The Morgan fingerprint density at radius 3 is 2.11 bits per heavy atom. The maximum atomic E-state index is 13.0. The van der Waals surface area contributed by atoms with Gasteiger partial charge in [0.1, 0.15) is 0 Å². The van der Waals surface area contributed by atoms with Crippen molar-refractivity contribution in [3.63, 3.8) is 0 Å². The van der Waals surface area contributed by atoms with Crippen LogP contribution in [0.3, 0.4) is 0 Å². The van der Waals surface area contributed by atoms with E-state index in [-0.39, 0.29) is 5.56 Å². The van der Waals surface area contributed by atoms with E-state index in [1.54, 1.807) is 22.9 Å². The number of pyridine rings is 1. The highest BCUT2D eigenvalue weighted by atomic mass is 16.4. The van der Waals surface area contributed by atoms with Crippen LogP contribution >= 0.6 is 0 Å². The highest BCUT2D eigenvalue weighted by Crippen LogP contribution is 2.22. The van der Waals surface area contributed by atoms with Crippen LogP contribution in [-0.4, -0.2) is 41.1 Å². The standard InChI is InChI=1S/C24H20N4O.C4H4O4/c29-23-17-20(19-12-14-25-15-13-19)26-24-27(16-6-9-18-7-2-1-3-8-18)21-10-4-5-11-22(21)28(23)24;5-3(6)1-2-4(7)8/h1-5,7-8,10-15,17H,6,9,16H2;1-2H,(H,5,6)(H,7,8). The summed E-state index contributed by atoms with van der Waals surface area (Å²) in [6.07, 6.45) is 6.49. The number of hydrogen-bond acceptors (Lipinski definition) is 5. The van der Waals surface area contributed by atoms with Crippen LogP contribution in [0.4, 0.5) is 0 Å². The topological polar surface area (TPSA) is 127 Å². The Bertz CT molecular complexity index is 1610. The summed E-state index contributed by atoms with van der Waals surface area (Å²) < 4.78 is 3.87. The lowest BCUT2D eigenvalue weighted by Gasteiger charge is -2.07. The molecule has 0 aliphatic rings. The number of carboxylic acids is 2. The molecule has 37 heavy (non-hydrogen) atoms. The molecule has 3 aromatic heterocycles. The first-order chi connectivity index (χ1) is 17.9. The molecule has 0 spiro atoms. The minimum atomic E-state index is -1.26. The number of rotatable bonds is 7. The zero-order valence-corrected chi connectivity index (χ0v) is 19.8. The summed E-state index contributed by atoms with van der Waals surface area (Å²) in [7, 11) is 0. The van der Waals surface area contributed by atoms with Gasteiger partial charge in [-0.25, -0.2) is 19.0 Å². The summed E-state index contributed by atoms with van der Waals surface area (Å²) in [5.74, 6) is -1.83. The molecule has 0 bridgehead atoms. The summed E-state index contributed by atoms with van der Waals surface area (Å²) >= 11 is 0. The number of benzene rings is 2. The maximum absolute atomic E-state index is 13.0. The fraction of sp³-hybridized carbons (Fsp3) is 0.107. The van der Waals surface area contributed by atoms with Crippen molar-refractivity contribution in [3.05, 3.63) is 113 Å². The summed E-state index contributed by atoms with van der Waals surface area (Å²) in [6, 6.07) is 23.8. The molecule has 0 unspecified atom stereocenters. The highest BCUT2D eigenvalue weighted by molar-refractivity contribution is 5.89. The number of para-hydroxylation sites is 2. The van der Waals surface area contributed by atoms with Gasteiger partial charge in [-0.15, -0.1) is 0 Å². The minimum absolute atomic E-state index is 0.0696. The molecule has 0 aliphatic carbocycles. The molecule has 186 valence electrons. The number of nitrogens with zero attached hydrogens (tertiary/aromatic N) is 4. The summed E-state index contributed by atoms with van der Waals surface area (Å²) in [5.41, 5.74) is 4.72. The normalized spacial score (nSPS) is 10.9. The predicted octanol–water partition coefficient (Wildman–Crippen LogP) is 4.06. The third-order valence-corrected chi connectivity index (χ3v) is 5.59. The lowest BCUT2D eigenvalue weighted by atomic mass is 10.1. The molecule has 0 atom stereocenters. The summed E-state index contributed by atoms with van der Waals surface area (Å²) in [4.78, 5) is 41.0. The second-order valence-electron chi connectivity index (χ2n) is 8.09. The van der Waals surface area contributed by atoms with Crippen molar-refractivity contribution in [1.29, 1.82) is 0 Å².